The number of aliphatic hydroxyl groups is 1. The van der Waals surface area contributed by atoms with Crippen LogP contribution in [-0.4, -0.2) is 16.4 Å². The second-order valence-corrected chi connectivity index (χ2v) is 7.06. The highest BCUT2D eigenvalue weighted by molar-refractivity contribution is 7.17. The van der Waals surface area contributed by atoms with E-state index in [9.17, 15) is 5.11 Å². The van der Waals surface area contributed by atoms with Crippen LogP contribution in [0, 0.1) is 10.8 Å². The van der Waals surface area contributed by atoms with Gasteiger partial charge in [0.25, 0.3) is 0 Å². The summed E-state index contributed by atoms with van der Waals surface area (Å²) in [6.07, 6.45) is 0. The summed E-state index contributed by atoms with van der Waals surface area (Å²) >= 11 is 0. The Labute approximate surface area is 85.5 Å². The van der Waals surface area contributed by atoms with Crippen molar-refractivity contribution in [2.45, 2.75) is 59.7 Å². The smallest absolute Gasteiger partial charge is 0.0803 e. The number of rotatable bonds is 1. The molecule has 0 rings (SSSR count). The van der Waals surface area contributed by atoms with Crippen LogP contribution >= 0.6 is 9.24 Å². The molecule has 2 unspecified atom stereocenters. The van der Waals surface area contributed by atoms with Gasteiger partial charge in [0.05, 0.1) is 5.60 Å². The van der Waals surface area contributed by atoms with Crippen molar-refractivity contribution >= 4 is 9.24 Å². The van der Waals surface area contributed by atoms with Crippen LogP contribution in [0.2, 0.25) is 0 Å². The van der Waals surface area contributed by atoms with Gasteiger partial charge in [0, 0.05) is 5.66 Å². The summed E-state index contributed by atoms with van der Waals surface area (Å²) in [5, 5.41) is 10.7. The standard InChI is InChI=1S/C11H25OP/c1-8(13)11(12,9(2,3)4)10(5,6)7/h8,12H,13H2,1-7H3. The maximum absolute atomic E-state index is 10.7. The lowest BCUT2D eigenvalue weighted by Crippen LogP contribution is -2.58. The van der Waals surface area contributed by atoms with E-state index < -0.39 is 5.60 Å². The van der Waals surface area contributed by atoms with E-state index in [1.54, 1.807) is 0 Å². The molecule has 0 radical (unpaired) electrons. The third-order valence-corrected chi connectivity index (χ3v) is 3.43. The minimum Gasteiger partial charge on any atom is -0.388 e. The molecule has 0 fully saturated rings. The van der Waals surface area contributed by atoms with Crippen LogP contribution in [0.15, 0.2) is 0 Å². The van der Waals surface area contributed by atoms with Gasteiger partial charge < -0.3 is 5.11 Å². The predicted octanol–water partition coefficient (Wildman–Crippen LogP) is 3.07. The molecule has 0 spiro atoms. The Kier molecular flexibility index (Phi) is 3.62. The molecule has 0 saturated carbocycles. The molecule has 0 aliphatic carbocycles. The predicted molar refractivity (Wildman–Crippen MR) is 63.0 cm³/mol. The van der Waals surface area contributed by atoms with Gasteiger partial charge in [-0.15, -0.1) is 9.24 Å². The van der Waals surface area contributed by atoms with Crippen LogP contribution in [0.4, 0.5) is 0 Å². The molecule has 0 saturated heterocycles. The number of hydrogen-bond acceptors (Lipinski definition) is 1. The molecular weight excluding hydrogens is 179 g/mol. The Morgan fingerprint density at radius 2 is 1.15 bits per heavy atom. The zero-order chi connectivity index (χ0) is 11.1. The summed E-state index contributed by atoms with van der Waals surface area (Å²) in [5.41, 5.74) is -0.684. The van der Waals surface area contributed by atoms with Gasteiger partial charge in [0.1, 0.15) is 0 Å². The van der Waals surface area contributed by atoms with Crippen molar-refractivity contribution < 1.29 is 5.11 Å². The highest BCUT2D eigenvalue weighted by atomic mass is 31.0. The quantitative estimate of drug-likeness (QED) is 0.651. The van der Waals surface area contributed by atoms with Gasteiger partial charge >= 0.3 is 0 Å². The van der Waals surface area contributed by atoms with E-state index in [2.05, 4.69) is 57.7 Å². The van der Waals surface area contributed by atoms with Gasteiger partial charge in [-0.2, -0.15) is 0 Å². The molecule has 13 heavy (non-hydrogen) atoms. The summed E-state index contributed by atoms with van der Waals surface area (Å²) in [7, 11) is 2.73. The van der Waals surface area contributed by atoms with Gasteiger partial charge in [-0.05, 0) is 10.8 Å². The molecule has 0 aromatic carbocycles. The molecule has 0 amide bonds. The topological polar surface area (TPSA) is 20.2 Å². The first kappa shape index (κ1) is 13.4. The maximum atomic E-state index is 10.7. The third-order valence-electron chi connectivity index (χ3n) is 2.95. The van der Waals surface area contributed by atoms with Gasteiger partial charge in [0.15, 0.2) is 0 Å². The lowest BCUT2D eigenvalue weighted by molar-refractivity contribution is -0.134. The van der Waals surface area contributed by atoms with Crippen LogP contribution in [0.1, 0.15) is 48.5 Å². The number of hydrogen-bond donors (Lipinski definition) is 1. The highest BCUT2D eigenvalue weighted by Crippen LogP contribution is 2.48. The maximum Gasteiger partial charge on any atom is 0.0803 e. The van der Waals surface area contributed by atoms with Crippen LogP contribution in [0.5, 0.6) is 0 Å². The fraction of sp³-hybridized carbons (Fsp3) is 1.00. The van der Waals surface area contributed by atoms with Crippen molar-refractivity contribution in [1.82, 2.24) is 0 Å². The van der Waals surface area contributed by atoms with Crippen LogP contribution in [0.3, 0.4) is 0 Å². The van der Waals surface area contributed by atoms with E-state index in [1.165, 1.54) is 0 Å². The molecule has 0 aromatic heterocycles. The molecule has 0 aliphatic heterocycles. The van der Waals surface area contributed by atoms with Crippen molar-refractivity contribution in [3.8, 4) is 0 Å². The van der Waals surface area contributed by atoms with Crippen molar-refractivity contribution in [1.29, 1.82) is 0 Å². The zero-order valence-electron chi connectivity index (χ0n) is 10.1. The molecule has 80 valence electrons. The fourth-order valence-corrected chi connectivity index (χ4v) is 3.49. The SMILES string of the molecule is CC(P)C(O)(C(C)(C)C)C(C)(C)C. The summed E-state index contributed by atoms with van der Waals surface area (Å²) in [5.74, 6) is 0. The summed E-state index contributed by atoms with van der Waals surface area (Å²) < 4.78 is 0. The van der Waals surface area contributed by atoms with E-state index in [4.69, 9.17) is 0 Å². The van der Waals surface area contributed by atoms with Crippen LogP contribution in [0.25, 0.3) is 0 Å². The molecule has 0 bridgehead atoms. The molecule has 0 aliphatic rings. The van der Waals surface area contributed by atoms with E-state index in [0.29, 0.717) is 0 Å². The first-order valence-corrected chi connectivity index (χ1v) is 5.59. The Bertz CT molecular complexity index is 158. The molecule has 2 heteroatoms. The fourth-order valence-electron chi connectivity index (χ4n) is 2.49. The minimum absolute atomic E-state index is 0.105. The third kappa shape index (κ3) is 2.25. The normalized spacial score (nSPS) is 17.3. The summed E-state index contributed by atoms with van der Waals surface area (Å²) in [6, 6.07) is 0. The molecule has 0 heterocycles. The van der Waals surface area contributed by atoms with Gasteiger partial charge in [0.2, 0.25) is 0 Å². The second-order valence-electron chi connectivity index (χ2n) is 6.06. The Morgan fingerprint density at radius 1 is 0.923 bits per heavy atom. The Balaban J connectivity index is 5.22. The zero-order valence-corrected chi connectivity index (χ0v) is 11.3. The lowest BCUT2D eigenvalue weighted by Gasteiger charge is -2.52. The first-order chi connectivity index (χ1) is 5.44. The lowest BCUT2D eigenvalue weighted by atomic mass is 9.61. The molecule has 1 nitrogen and oxygen atoms in total. The summed E-state index contributed by atoms with van der Waals surface area (Å²) in [4.78, 5) is 0. The molecular formula is C11H25OP. The van der Waals surface area contributed by atoms with Gasteiger partial charge in [-0.1, -0.05) is 48.5 Å². The second kappa shape index (κ2) is 3.51. The molecule has 1 N–H and O–H groups in total. The average Bonchev–Trinajstić information content (AvgIpc) is 1.80. The first-order valence-electron chi connectivity index (χ1n) is 4.92. The van der Waals surface area contributed by atoms with E-state index in [-0.39, 0.29) is 16.5 Å². The minimum atomic E-state index is -0.662. The van der Waals surface area contributed by atoms with Crippen molar-refractivity contribution in [3.63, 3.8) is 0 Å². The Morgan fingerprint density at radius 3 is 1.15 bits per heavy atom. The van der Waals surface area contributed by atoms with Crippen molar-refractivity contribution in [3.05, 3.63) is 0 Å². The van der Waals surface area contributed by atoms with Crippen molar-refractivity contribution in [2.24, 2.45) is 10.8 Å². The van der Waals surface area contributed by atoms with Crippen LogP contribution in [-0.2, 0) is 0 Å². The summed E-state index contributed by atoms with van der Waals surface area (Å²) in [6.45, 7) is 14.6. The molecule has 2 atom stereocenters. The van der Waals surface area contributed by atoms with E-state index >= 15 is 0 Å². The van der Waals surface area contributed by atoms with Gasteiger partial charge in [-0.3, -0.25) is 0 Å². The molecule has 0 aromatic rings. The highest BCUT2D eigenvalue weighted by Gasteiger charge is 2.51. The van der Waals surface area contributed by atoms with Gasteiger partial charge in [-0.25, -0.2) is 0 Å². The van der Waals surface area contributed by atoms with E-state index in [0.717, 1.165) is 0 Å². The average molecular weight is 204 g/mol. The van der Waals surface area contributed by atoms with Crippen LogP contribution < -0.4 is 0 Å². The van der Waals surface area contributed by atoms with Crippen molar-refractivity contribution in [2.75, 3.05) is 0 Å². The Hall–Kier alpha value is 0.390. The van der Waals surface area contributed by atoms with E-state index in [1.807, 2.05) is 0 Å². The monoisotopic (exact) mass is 204 g/mol. The largest absolute Gasteiger partial charge is 0.388 e.